The van der Waals surface area contributed by atoms with Gasteiger partial charge in [-0.05, 0) is 39.5 Å². The first-order chi connectivity index (χ1) is 7.75. The molecule has 0 aliphatic carbocycles. The largest absolute Gasteiger partial charge is 0.386 e. The molecule has 0 aliphatic rings. The van der Waals surface area contributed by atoms with Crippen molar-refractivity contribution < 1.29 is 5.11 Å². The number of rotatable bonds is 5. The van der Waals surface area contributed by atoms with Gasteiger partial charge in [0, 0.05) is 22.8 Å². The van der Waals surface area contributed by atoms with Gasteiger partial charge in [0.25, 0.3) is 0 Å². The predicted octanol–water partition coefficient (Wildman–Crippen LogP) is 3.40. The summed E-state index contributed by atoms with van der Waals surface area (Å²) in [7, 11) is 0. The molecule has 2 N–H and O–H groups in total. The van der Waals surface area contributed by atoms with Gasteiger partial charge in [-0.2, -0.15) is 0 Å². The highest BCUT2D eigenvalue weighted by molar-refractivity contribution is 9.11. The fourth-order valence-corrected chi connectivity index (χ4v) is 3.52. The monoisotopic (exact) mass is 317 g/mol. The summed E-state index contributed by atoms with van der Waals surface area (Å²) in [6, 6.07) is 8.04. The van der Waals surface area contributed by atoms with Crippen molar-refractivity contribution in [2.24, 2.45) is 0 Å². The van der Waals surface area contributed by atoms with Gasteiger partial charge in [-0.3, -0.25) is 0 Å². The Labute approximate surface area is 111 Å². The fraction of sp³-hybridized carbons (Fsp3) is 0.273. The molecule has 0 radical (unpaired) electrons. The lowest BCUT2D eigenvalue weighted by molar-refractivity contribution is 0.178. The number of halogens is 1. The highest BCUT2D eigenvalue weighted by atomic mass is 79.9. The van der Waals surface area contributed by atoms with E-state index in [-0.39, 0.29) is 0 Å². The van der Waals surface area contributed by atoms with Crippen LogP contribution in [-0.4, -0.2) is 11.7 Å². The van der Waals surface area contributed by atoms with E-state index in [0.717, 1.165) is 15.2 Å². The molecule has 0 bridgehead atoms. The number of hydrogen-bond acceptors (Lipinski definition) is 4. The summed E-state index contributed by atoms with van der Waals surface area (Å²) in [5.74, 6) is 0. The van der Waals surface area contributed by atoms with E-state index in [1.807, 2.05) is 23.6 Å². The molecule has 2 heterocycles. The Morgan fingerprint density at radius 1 is 1.38 bits per heavy atom. The molecule has 0 saturated carbocycles. The Kier molecular flexibility index (Phi) is 4.55. The fourth-order valence-electron chi connectivity index (χ4n) is 1.36. The van der Waals surface area contributed by atoms with Crippen LogP contribution in [0.25, 0.3) is 0 Å². The summed E-state index contributed by atoms with van der Waals surface area (Å²) >= 11 is 6.73. The van der Waals surface area contributed by atoms with Crippen LogP contribution in [0.5, 0.6) is 0 Å². The molecule has 2 aromatic rings. The SMILES string of the molecule is OC(CNCc1ccc(Br)s1)c1cccs1. The molecule has 86 valence electrons. The van der Waals surface area contributed by atoms with Gasteiger partial charge in [0.1, 0.15) is 6.10 Å². The van der Waals surface area contributed by atoms with Crippen LogP contribution < -0.4 is 5.32 Å². The average Bonchev–Trinajstić information content (AvgIpc) is 2.89. The summed E-state index contributed by atoms with van der Waals surface area (Å²) in [6.07, 6.45) is -0.400. The van der Waals surface area contributed by atoms with Crippen LogP contribution in [0.2, 0.25) is 0 Å². The number of nitrogens with one attached hydrogen (secondary N) is 1. The lowest BCUT2D eigenvalue weighted by Gasteiger charge is -2.08. The zero-order chi connectivity index (χ0) is 11.4. The molecule has 0 aromatic carbocycles. The molecular weight excluding hydrogens is 306 g/mol. The molecule has 2 aromatic heterocycles. The van der Waals surface area contributed by atoms with Crippen LogP contribution >= 0.6 is 38.6 Å². The maximum Gasteiger partial charge on any atom is 0.101 e. The number of hydrogen-bond donors (Lipinski definition) is 2. The minimum Gasteiger partial charge on any atom is -0.386 e. The van der Waals surface area contributed by atoms with Crippen LogP contribution in [0.1, 0.15) is 15.9 Å². The third kappa shape index (κ3) is 3.40. The summed E-state index contributed by atoms with van der Waals surface area (Å²) < 4.78 is 1.14. The van der Waals surface area contributed by atoms with Gasteiger partial charge in [-0.15, -0.1) is 22.7 Å². The Balaban J connectivity index is 1.76. The molecule has 2 nitrogen and oxygen atoms in total. The second kappa shape index (κ2) is 5.93. The number of aliphatic hydroxyl groups excluding tert-OH is 1. The van der Waals surface area contributed by atoms with Gasteiger partial charge in [-0.1, -0.05) is 6.07 Å². The molecule has 1 atom stereocenters. The van der Waals surface area contributed by atoms with Crippen molar-refractivity contribution in [1.82, 2.24) is 5.32 Å². The van der Waals surface area contributed by atoms with E-state index in [2.05, 4.69) is 27.3 Å². The summed E-state index contributed by atoms with van der Waals surface area (Å²) in [5, 5.41) is 15.1. The third-order valence-electron chi connectivity index (χ3n) is 2.14. The van der Waals surface area contributed by atoms with Crippen LogP contribution in [0.15, 0.2) is 33.4 Å². The van der Waals surface area contributed by atoms with Crippen molar-refractivity contribution in [2.75, 3.05) is 6.54 Å². The van der Waals surface area contributed by atoms with Crippen molar-refractivity contribution in [3.63, 3.8) is 0 Å². The maximum atomic E-state index is 9.83. The molecule has 0 aliphatic heterocycles. The molecule has 0 saturated heterocycles. The second-order valence-corrected chi connectivity index (χ2v) is 6.89. The molecule has 16 heavy (non-hydrogen) atoms. The van der Waals surface area contributed by atoms with Gasteiger partial charge >= 0.3 is 0 Å². The zero-order valence-corrected chi connectivity index (χ0v) is 11.7. The topological polar surface area (TPSA) is 32.3 Å². The normalized spacial score (nSPS) is 12.9. The van der Waals surface area contributed by atoms with E-state index < -0.39 is 6.10 Å². The van der Waals surface area contributed by atoms with Gasteiger partial charge in [0.05, 0.1) is 3.79 Å². The highest BCUT2D eigenvalue weighted by Crippen LogP contribution is 2.22. The lowest BCUT2D eigenvalue weighted by Crippen LogP contribution is -2.19. The first-order valence-corrected chi connectivity index (χ1v) is 7.41. The highest BCUT2D eigenvalue weighted by Gasteiger charge is 2.07. The van der Waals surface area contributed by atoms with E-state index in [1.165, 1.54) is 4.88 Å². The van der Waals surface area contributed by atoms with Crippen LogP contribution in [0, 0.1) is 0 Å². The van der Waals surface area contributed by atoms with Crippen LogP contribution in [0.4, 0.5) is 0 Å². The van der Waals surface area contributed by atoms with Crippen molar-refractivity contribution in [3.05, 3.63) is 43.2 Å². The first-order valence-electron chi connectivity index (χ1n) is 4.92. The smallest absolute Gasteiger partial charge is 0.101 e. The van der Waals surface area contributed by atoms with E-state index in [0.29, 0.717) is 6.54 Å². The molecular formula is C11H12BrNOS2. The van der Waals surface area contributed by atoms with E-state index in [1.54, 1.807) is 22.7 Å². The Hall–Kier alpha value is -0.200. The van der Waals surface area contributed by atoms with Gasteiger partial charge in [0.2, 0.25) is 0 Å². The zero-order valence-electron chi connectivity index (χ0n) is 8.52. The van der Waals surface area contributed by atoms with Gasteiger partial charge in [0.15, 0.2) is 0 Å². The molecule has 2 rings (SSSR count). The Morgan fingerprint density at radius 2 is 2.25 bits per heavy atom. The van der Waals surface area contributed by atoms with Crippen molar-refractivity contribution >= 4 is 38.6 Å². The molecule has 1 unspecified atom stereocenters. The van der Waals surface area contributed by atoms with Gasteiger partial charge < -0.3 is 10.4 Å². The maximum absolute atomic E-state index is 9.83. The second-order valence-electron chi connectivity index (χ2n) is 3.37. The number of thiophene rings is 2. The summed E-state index contributed by atoms with van der Waals surface area (Å²) in [4.78, 5) is 2.28. The lowest BCUT2D eigenvalue weighted by atomic mass is 10.3. The summed E-state index contributed by atoms with van der Waals surface area (Å²) in [6.45, 7) is 1.40. The van der Waals surface area contributed by atoms with E-state index in [4.69, 9.17) is 0 Å². The van der Waals surface area contributed by atoms with Gasteiger partial charge in [-0.25, -0.2) is 0 Å². The quantitative estimate of drug-likeness (QED) is 0.886. The van der Waals surface area contributed by atoms with Crippen LogP contribution in [0.3, 0.4) is 0 Å². The van der Waals surface area contributed by atoms with Crippen LogP contribution in [-0.2, 0) is 6.54 Å². The number of aliphatic hydroxyl groups is 1. The molecule has 0 amide bonds. The standard InChI is InChI=1S/C11H12BrNOS2/c12-11-4-3-8(16-11)6-13-7-9(14)10-2-1-5-15-10/h1-5,9,13-14H,6-7H2. The van der Waals surface area contributed by atoms with E-state index >= 15 is 0 Å². The predicted molar refractivity (Wildman–Crippen MR) is 73.0 cm³/mol. The third-order valence-corrected chi connectivity index (χ3v) is 4.73. The summed E-state index contributed by atoms with van der Waals surface area (Å²) in [5.41, 5.74) is 0. The average molecular weight is 318 g/mol. The minimum atomic E-state index is -0.400. The molecule has 0 fully saturated rings. The van der Waals surface area contributed by atoms with Crippen molar-refractivity contribution in [1.29, 1.82) is 0 Å². The van der Waals surface area contributed by atoms with Crippen molar-refractivity contribution in [2.45, 2.75) is 12.6 Å². The minimum absolute atomic E-state index is 0.400. The molecule has 0 spiro atoms. The Morgan fingerprint density at radius 3 is 2.88 bits per heavy atom. The Bertz CT molecular complexity index is 427. The first kappa shape index (κ1) is 12.3. The molecule has 5 heteroatoms. The van der Waals surface area contributed by atoms with Crippen molar-refractivity contribution in [3.8, 4) is 0 Å². The van der Waals surface area contributed by atoms with E-state index in [9.17, 15) is 5.11 Å².